The Hall–Kier alpha value is -0.0151. The average Bonchev–Trinajstić information content (AvgIpc) is 1.99. The van der Waals surface area contributed by atoms with Gasteiger partial charge >= 0.3 is 0 Å². The molecule has 1 aliphatic rings. The molecule has 13 heavy (non-hydrogen) atoms. The number of methoxy groups -OCH3 is 1. The third-order valence-electron chi connectivity index (χ3n) is 3.09. The van der Waals surface area contributed by atoms with E-state index in [1.54, 1.807) is 7.11 Å². The van der Waals surface area contributed by atoms with Gasteiger partial charge in [-0.25, -0.2) is 0 Å². The summed E-state index contributed by atoms with van der Waals surface area (Å²) in [6.45, 7) is 8.67. The number of ether oxygens (including phenoxy) is 1. The summed E-state index contributed by atoms with van der Waals surface area (Å²) in [6.07, 6.45) is 2.34. The Morgan fingerprint density at radius 1 is 1.15 bits per heavy atom. The summed E-state index contributed by atoms with van der Waals surface area (Å²) in [5.74, 6) is 0. The van der Waals surface area contributed by atoms with Gasteiger partial charge in [-0.2, -0.15) is 0 Å². The molecule has 0 amide bonds. The largest absolute Gasteiger partial charge is 0.381 e. The van der Waals surface area contributed by atoms with Crippen molar-refractivity contribution in [2.24, 2.45) is 0 Å². The van der Waals surface area contributed by atoms with E-state index in [4.69, 9.17) is 12.7 Å². The van der Waals surface area contributed by atoms with Crippen LogP contribution in [0.4, 0.5) is 0 Å². The topological polar surface area (TPSA) is 12.5 Å². The third kappa shape index (κ3) is 2.08. The average molecular weight is 181 g/mol. The second kappa shape index (κ2) is 3.28. The molecule has 2 radical (unpaired) electrons. The van der Waals surface area contributed by atoms with E-state index >= 15 is 0 Å². The molecule has 3 heteroatoms. The standard InChI is InChI=1S/C10H20BNO/c1-9(2)6-8(13-5)7-10(3,4)12(9)11/h8H,6-7H2,1-5H3. The quantitative estimate of drug-likeness (QED) is 0.571. The van der Waals surface area contributed by atoms with E-state index in [-0.39, 0.29) is 11.1 Å². The van der Waals surface area contributed by atoms with E-state index in [0.29, 0.717) is 6.10 Å². The van der Waals surface area contributed by atoms with Gasteiger partial charge in [-0.05, 0) is 40.5 Å². The van der Waals surface area contributed by atoms with Crippen LogP contribution < -0.4 is 0 Å². The molecule has 0 aromatic rings. The van der Waals surface area contributed by atoms with Crippen LogP contribution in [0.15, 0.2) is 0 Å². The fourth-order valence-electron chi connectivity index (χ4n) is 2.37. The summed E-state index contributed by atoms with van der Waals surface area (Å²) in [7, 11) is 7.87. The molecule has 0 aromatic carbocycles. The van der Waals surface area contributed by atoms with Crippen molar-refractivity contribution in [3.8, 4) is 0 Å². The molecule has 2 nitrogen and oxygen atoms in total. The molecule has 74 valence electrons. The molecule has 1 saturated heterocycles. The Kier molecular flexibility index (Phi) is 2.79. The highest BCUT2D eigenvalue weighted by atomic mass is 16.5. The van der Waals surface area contributed by atoms with Crippen molar-refractivity contribution in [3.63, 3.8) is 0 Å². The first-order valence-electron chi connectivity index (χ1n) is 4.87. The molecule has 0 unspecified atom stereocenters. The van der Waals surface area contributed by atoms with E-state index in [1.807, 2.05) is 4.81 Å². The van der Waals surface area contributed by atoms with E-state index < -0.39 is 0 Å². The monoisotopic (exact) mass is 181 g/mol. The summed E-state index contributed by atoms with van der Waals surface area (Å²) in [5.41, 5.74) is 0.0604. The minimum absolute atomic E-state index is 0.0302. The molecule has 0 aliphatic carbocycles. The van der Waals surface area contributed by atoms with E-state index in [1.165, 1.54) is 0 Å². The normalized spacial score (nSPS) is 29.0. The van der Waals surface area contributed by atoms with Crippen LogP contribution >= 0.6 is 0 Å². The summed E-state index contributed by atoms with van der Waals surface area (Å²) < 4.78 is 5.43. The summed E-state index contributed by atoms with van der Waals surface area (Å²) >= 11 is 0. The fraction of sp³-hybridized carbons (Fsp3) is 1.00. The van der Waals surface area contributed by atoms with Crippen molar-refractivity contribution in [2.45, 2.75) is 57.7 Å². The van der Waals surface area contributed by atoms with Crippen LogP contribution in [0, 0.1) is 0 Å². The van der Waals surface area contributed by atoms with Crippen LogP contribution in [0.1, 0.15) is 40.5 Å². The molecule has 0 atom stereocenters. The van der Waals surface area contributed by atoms with E-state index in [9.17, 15) is 0 Å². The number of nitrogens with zero attached hydrogens (tertiary/aromatic N) is 1. The highest BCUT2D eigenvalue weighted by molar-refractivity contribution is 6.05. The van der Waals surface area contributed by atoms with Gasteiger partial charge in [0.2, 0.25) is 0 Å². The van der Waals surface area contributed by atoms with Gasteiger partial charge in [-0.3, -0.25) is 0 Å². The van der Waals surface area contributed by atoms with Crippen molar-refractivity contribution in [1.29, 1.82) is 0 Å². The Morgan fingerprint density at radius 2 is 1.54 bits per heavy atom. The SMILES string of the molecule is [B]N1C(C)(C)CC(OC)CC1(C)C. The third-order valence-corrected chi connectivity index (χ3v) is 3.09. The van der Waals surface area contributed by atoms with Crippen LogP contribution in [0.2, 0.25) is 0 Å². The van der Waals surface area contributed by atoms with Gasteiger partial charge in [-0.15, -0.1) is 0 Å². The molecule has 0 N–H and O–H groups in total. The zero-order valence-electron chi connectivity index (χ0n) is 9.42. The number of rotatable bonds is 1. The van der Waals surface area contributed by atoms with Gasteiger partial charge in [0.05, 0.1) is 6.10 Å². The molecular weight excluding hydrogens is 161 g/mol. The Balaban J connectivity index is 2.82. The van der Waals surface area contributed by atoms with Crippen LogP contribution in [-0.4, -0.2) is 37.1 Å². The van der Waals surface area contributed by atoms with Crippen molar-refractivity contribution in [3.05, 3.63) is 0 Å². The molecule has 1 fully saturated rings. The maximum absolute atomic E-state index is 6.08. The van der Waals surface area contributed by atoms with Gasteiger partial charge in [0.1, 0.15) is 0 Å². The Bertz CT molecular complexity index is 173. The summed E-state index contributed by atoms with van der Waals surface area (Å²) in [4.78, 5) is 1.97. The van der Waals surface area contributed by atoms with E-state index in [2.05, 4.69) is 27.7 Å². The summed E-state index contributed by atoms with van der Waals surface area (Å²) in [6, 6.07) is 0. The molecule has 0 aromatic heterocycles. The molecule has 0 bridgehead atoms. The maximum Gasteiger partial charge on any atom is 0.183 e. The molecule has 1 aliphatic heterocycles. The van der Waals surface area contributed by atoms with Gasteiger partial charge in [0.15, 0.2) is 7.98 Å². The Labute approximate surface area is 83.1 Å². The predicted octanol–water partition coefficient (Wildman–Crippen LogP) is 1.74. The highest BCUT2D eigenvalue weighted by Crippen LogP contribution is 2.37. The second-order valence-electron chi connectivity index (χ2n) is 5.26. The lowest BCUT2D eigenvalue weighted by molar-refractivity contribution is -0.0460. The fourth-order valence-corrected chi connectivity index (χ4v) is 2.37. The first-order valence-corrected chi connectivity index (χ1v) is 4.87. The lowest BCUT2D eigenvalue weighted by Crippen LogP contribution is -2.60. The van der Waals surface area contributed by atoms with Crippen molar-refractivity contribution >= 4 is 7.98 Å². The number of piperidine rings is 1. The number of hydrogen-bond donors (Lipinski definition) is 0. The lowest BCUT2D eigenvalue weighted by atomic mass is 9.75. The van der Waals surface area contributed by atoms with Gasteiger partial charge < -0.3 is 9.55 Å². The minimum Gasteiger partial charge on any atom is -0.381 e. The predicted molar refractivity (Wildman–Crippen MR) is 55.8 cm³/mol. The van der Waals surface area contributed by atoms with E-state index in [0.717, 1.165) is 12.8 Å². The molecule has 1 rings (SSSR count). The Morgan fingerprint density at radius 3 is 1.85 bits per heavy atom. The molecule has 0 spiro atoms. The van der Waals surface area contributed by atoms with Gasteiger partial charge in [0.25, 0.3) is 0 Å². The maximum atomic E-state index is 6.08. The lowest BCUT2D eigenvalue weighted by Gasteiger charge is -2.54. The van der Waals surface area contributed by atoms with Crippen LogP contribution in [-0.2, 0) is 4.74 Å². The second-order valence-corrected chi connectivity index (χ2v) is 5.26. The first kappa shape index (κ1) is 11.1. The van der Waals surface area contributed by atoms with Crippen LogP contribution in [0.3, 0.4) is 0 Å². The first-order chi connectivity index (χ1) is 5.79. The van der Waals surface area contributed by atoms with Crippen molar-refractivity contribution in [1.82, 2.24) is 4.81 Å². The van der Waals surface area contributed by atoms with Crippen molar-refractivity contribution < 1.29 is 4.74 Å². The smallest absolute Gasteiger partial charge is 0.183 e. The van der Waals surface area contributed by atoms with Gasteiger partial charge in [-0.1, -0.05) is 0 Å². The summed E-state index contributed by atoms with van der Waals surface area (Å²) in [5, 5.41) is 0. The van der Waals surface area contributed by atoms with Gasteiger partial charge in [0, 0.05) is 18.2 Å². The zero-order valence-corrected chi connectivity index (χ0v) is 9.42. The van der Waals surface area contributed by atoms with Crippen LogP contribution in [0.25, 0.3) is 0 Å². The highest BCUT2D eigenvalue weighted by Gasteiger charge is 2.42. The zero-order chi connectivity index (χ0) is 10.3. The molecule has 0 saturated carbocycles. The van der Waals surface area contributed by atoms with Crippen LogP contribution in [0.5, 0.6) is 0 Å². The number of hydrogen-bond acceptors (Lipinski definition) is 2. The molecular formula is C10H20BNO. The van der Waals surface area contributed by atoms with Crippen molar-refractivity contribution in [2.75, 3.05) is 7.11 Å². The minimum atomic E-state index is 0.0302. The molecule has 1 heterocycles.